The second kappa shape index (κ2) is 10.4. The molecule has 0 spiro atoms. The Kier molecular flexibility index (Phi) is 7.19. The van der Waals surface area contributed by atoms with Gasteiger partial charge in [-0.05, 0) is 37.8 Å². The average molecular weight is 438 g/mol. The standard InChI is InChI=1S/C24H31N5O3/c30-22(17-8-3-1-4-9-17)28-21(14-18-15-25-16-26-18)23(31)27-20-12-7-13-29(24(20)32)19-10-5-2-6-11-19/h2,5-6,10-11,15-17,20-21H,1,3-4,7-9,12-14H2,(H,25,26)(H,27,31)(H,28,30)/t20-,21-/m0/s1. The van der Waals surface area contributed by atoms with Gasteiger partial charge >= 0.3 is 0 Å². The van der Waals surface area contributed by atoms with E-state index in [1.165, 1.54) is 0 Å². The number of carbonyl (C=O) groups is 3. The molecule has 1 aromatic heterocycles. The van der Waals surface area contributed by atoms with Crippen molar-refractivity contribution in [2.75, 3.05) is 11.4 Å². The third-order valence-corrected chi connectivity index (χ3v) is 6.41. The fourth-order valence-electron chi connectivity index (χ4n) is 4.63. The number of benzene rings is 1. The Bertz CT molecular complexity index is 909. The number of imidazole rings is 1. The van der Waals surface area contributed by atoms with Gasteiger partial charge in [-0.25, -0.2) is 4.98 Å². The van der Waals surface area contributed by atoms with Crippen LogP contribution in [0, 0.1) is 5.92 Å². The summed E-state index contributed by atoms with van der Waals surface area (Å²) in [4.78, 5) is 47.9. The van der Waals surface area contributed by atoms with Crippen LogP contribution in [-0.2, 0) is 20.8 Å². The van der Waals surface area contributed by atoms with Crippen molar-refractivity contribution in [3.05, 3.63) is 48.5 Å². The number of aromatic nitrogens is 2. The number of amides is 3. The molecule has 8 nitrogen and oxygen atoms in total. The highest BCUT2D eigenvalue weighted by Gasteiger charge is 2.34. The normalized spacial score (nSPS) is 20.6. The first-order valence-electron chi connectivity index (χ1n) is 11.6. The smallest absolute Gasteiger partial charge is 0.249 e. The van der Waals surface area contributed by atoms with Crippen molar-refractivity contribution >= 4 is 23.4 Å². The molecule has 170 valence electrons. The van der Waals surface area contributed by atoms with Gasteiger partial charge in [0.15, 0.2) is 0 Å². The minimum absolute atomic E-state index is 0.0503. The van der Waals surface area contributed by atoms with E-state index in [4.69, 9.17) is 0 Å². The van der Waals surface area contributed by atoms with E-state index in [1.54, 1.807) is 17.4 Å². The van der Waals surface area contributed by atoms with Crippen molar-refractivity contribution in [2.45, 2.75) is 63.5 Å². The van der Waals surface area contributed by atoms with Crippen LogP contribution in [0.25, 0.3) is 0 Å². The molecule has 2 heterocycles. The molecule has 2 fully saturated rings. The van der Waals surface area contributed by atoms with Gasteiger partial charge in [0.05, 0.1) is 6.33 Å². The number of nitrogens with one attached hydrogen (secondary N) is 3. The van der Waals surface area contributed by atoms with Crippen molar-refractivity contribution < 1.29 is 14.4 Å². The van der Waals surface area contributed by atoms with Gasteiger partial charge in [0, 0.05) is 36.5 Å². The highest BCUT2D eigenvalue weighted by Crippen LogP contribution is 2.24. The summed E-state index contributed by atoms with van der Waals surface area (Å²) >= 11 is 0. The van der Waals surface area contributed by atoms with Crippen molar-refractivity contribution in [2.24, 2.45) is 5.92 Å². The van der Waals surface area contributed by atoms with E-state index < -0.39 is 12.1 Å². The lowest BCUT2D eigenvalue weighted by molar-refractivity contribution is -0.133. The average Bonchev–Trinajstić information content (AvgIpc) is 3.34. The maximum Gasteiger partial charge on any atom is 0.249 e. The van der Waals surface area contributed by atoms with E-state index in [1.807, 2.05) is 30.3 Å². The van der Waals surface area contributed by atoms with Crippen LogP contribution >= 0.6 is 0 Å². The number of nitrogens with zero attached hydrogens (tertiary/aromatic N) is 2. The number of H-pyrrole nitrogens is 1. The number of para-hydroxylation sites is 1. The van der Waals surface area contributed by atoms with Crippen LogP contribution in [0.15, 0.2) is 42.9 Å². The molecule has 1 saturated carbocycles. The van der Waals surface area contributed by atoms with Crippen molar-refractivity contribution in [3.8, 4) is 0 Å². The minimum Gasteiger partial charge on any atom is -0.348 e. The van der Waals surface area contributed by atoms with E-state index >= 15 is 0 Å². The van der Waals surface area contributed by atoms with Crippen molar-refractivity contribution in [1.29, 1.82) is 0 Å². The Morgan fingerprint density at radius 1 is 1.09 bits per heavy atom. The first-order valence-corrected chi connectivity index (χ1v) is 11.6. The molecule has 3 N–H and O–H groups in total. The molecule has 1 saturated heterocycles. The second-order valence-corrected chi connectivity index (χ2v) is 8.71. The molecule has 32 heavy (non-hydrogen) atoms. The molecule has 8 heteroatoms. The second-order valence-electron chi connectivity index (χ2n) is 8.71. The third kappa shape index (κ3) is 5.36. The van der Waals surface area contributed by atoms with Gasteiger partial charge in [-0.1, -0.05) is 37.5 Å². The summed E-state index contributed by atoms with van der Waals surface area (Å²) in [7, 11) is 0. The lowest BCUT2D eigenvalue weighted by Gasteiger charge is -2.33. The van der Waals surface area contributed by atoms with Crippen molar-refractivity contribution in [1.82, 2.24) is 20.6 Å². The molecule has 0 bridgehead atoms. The summed E-state index contributed by atoms with van der Waals surface area (Å²) < 4.78 is 0. The van der Waals surface area contributed by atoms with Crippen LogP contribution < -0.4 is 15.5 Å². The largest absolute Gasteiger partial charge is 0.348 e. The molecule has 4 rings (SSSR count). The summed E-state index contributed by atoms with van der Waals surface area (Å²) in [6.07, 6.45) is 9.84. The number of hydrogen-bond donors (Lipinski definition) is 3. The van der Waals surface area contributed by atoms with Gasteiger partial charge in [-0.2, -0.15) is 0 Å². The van der Waals surface area contributed by atoms with Crippen LogP contribution in [0.2, 0.25) is 0 Å². The van der Waals surface area contributed by atoms with Gasteiger partial charge in [0.2, 0.25) is 17.7 Å². The zero-order valence-electron chi connectivity index (χ0n) is 18.3. The van der Waals surface area contributed by atoms with Gasteiger partial charge in [0.1, 0.15) is 12.1 Å². The minimum atomic E-state index is -0.759. The van der Waals surface area contributed by atoms with Gasteiger partial charge < -0.3 is 20.5 Å². The third-order valence-electron chi connectivity index (χ3n) is 6.41. The van der Waals surface area contributed by atoms with Crippen LogP contribution in [0.5, 0.6) is 0 Å². The molecule has 0 unspecified atom stereocenters. The highest BCUT2D eigenvalue weighted by molar-refractivity contribution is 6.00. The lowest BCUT2D eigenvalue weighted by atomic mass is 9.88. The number of piperidine rings is 1. The molecule has 1 aliphatic heterocycles. The fraction of sp³-hybridized carbons (Fsp3) is 0.500. The summed E-state index contributed by atoms with van der Waals surface area (Å²) in [5, 5.41) is 5.86. The molecule has 1 aliphatic carbocycles. The van der Waals surface area contributed by atoms with Gasteiger partial charge in [-0.3, -0.25) is 14.4 Å². The van der Waals surface area contributed by atoms with E-state index in [0.717, 1.165) is 49.9 Å². The van der Waals surface area contributed by atoms with E-state index in [-0.39, 0.29) is 23.6 Å². The summed E-state index contributed by atoms with van der Waals surface area (Å²) in [6, 6.07) is 8.13. The maximum absolute atomic E-state index is 13.2. The Hall–Kier alpha value is -3.16. The quantitative estimate of drug-likeness (QED) is 0.618. The summed E-state index contributed by atoms with van der Waals surface area (Å²) in [6.45, 7) is 0.630. The topological polar surface area (TPSA) is 107 Å². The van der Waals surface area contributed by atoms with Crippen LogP contribution in [0.1, 0.15) is 50.6 Å². The Balaban J connectivity index is 1.43. The maximum atomic E-state index is 13.2. The molecular weight excluding hydrogens is 406 g/mol. The first kappa shape index (κ1) is 22.0. The van der Waals surface area contributed by atoms with Gasteiger partial charge in [0.25, 0.3) is 0 Å². The monoisotopic (exact) mass is 437 g/mol. The van der Waals surface area contributed by atoms with Crippen LogP contribution in [0.3, 0.4) is 0 Å². The Labute approximate surface area is 188 Å². The lowest BCUT2D eigenvalue weighted by Crippen LogP contribution is -2.57. The molecule has 2 atom stereocenters. The van der Waals surface area contributed by atoms with E-state index in [2.05, 4.69) is 20.6 Å². The molecule has 0 radical (unpaired) electrons. The molecule has 2 aromatic rings. The summed E-state index contributed by atoms with van der Waals surface area (Å²) in [5.41, 5.74) is 1.59. The highest BCUT2D eigenvalue weighted by atomic mass is 16.2. The molecule has 1 aromatic carbocycles. The van der Waals surface area contributed by atoms with Crippen LogP contribution in [0.4, 0.5) is 5.69 Å². The number of carbonyl (C=O) groups excluding carboxylic acids is 3. The fourth-order valence-corrected chi connectivity index (χ4v) is 4.63. The predicted octanol–water partition coefficient (Wildman–Crippen LogP) is 2.33. The molecule has 2 aliphatic rings. The number of hydrogen-bond acceptors (Lipinski definition) is 4. The Morgan fingerprint density at radius 2 is 1.88 bits per heavy atom. The SMILES string of the molecule is O=C(N[C@@H](Cc1cnc[nH]1)C(=O)N[C@H]1CCCN(c2ccccc2)C1=O)C1CCCCC1. The first-order chi connectivity index (χ1) is 15.6. The zero-order chi connectivity index (χ0) is 22.3. The number of rotatable bonds is 7. The molecular formula is C24H31N5O3. The Morgan fingerprint density at radius 3 is 2.59 bits per heavy atom. The number of anilines is 1. The van der Waals surface area contributed by atoms with Crippen LogP contribution in [-0.4, -0.2) is 46.3 Å². The number of aromatic amines is 1. The zero-order valence-corrected chi connectivity index (χ0v) is 18.3. The summed E-state index contributed by atoms with van der Waals surface area (Å²) in [5.74, 6) is -0.581. The van der Waals surface area contributed by atoms with E-state index in [0.29, 0.717) is 19.4 Å². The van der Waals surface area contributed by atoms with Gasteiger partial charge in [-0.15, -0.1) is 0 Å². The predicted molar refractivity (Wildman–Crippen MR) is 121 cm³/mol. The van der Waals surface area contributed by atoms with Crippen molar-refractivity contribution in [3.63, 3.8) is 0 Å². The molecule has 3 amide bonds. The van der Waals surface area contributed by atoms with E-state index in [9.17, 15) is 14.4 Å².